The van der Waals surface area contributed by atoms with E-state index in [9.17, 15) is 17.6 Å². The van der Waals surface area contributed by atoms with Crippen LogP contribution in [0.3, 0.4) is 0 Å². The highest BCUT2D eigenvalue weighted by Crippen LogP contribution is 2.49. The third kappa shape index (κ3) is 6.72. The highest BCUT2D eigenvalue weighted by Gasteiger charge is 2.53. The van der Waals surface area contributed by atoms with Crippen molar-refractivity contribution in [2.24, 2.45) is 0 Å². The van der Waals surface area contributed by atoms with Gasteiger partial charge >= 0.3 is 7.12 Å². The molecular formula is C35H39BClFN2O8S. The summed E-state index contributed by atoms with van der Waals surface area (Å²) in [7, 11) is -1.81. The van der Waals surface area contributed by atoms with Crippen LogP contribution in [0.1, 0.15) is 67.9 Å². The number of rotatable bonds is 11. The molecule has 1 saturated heterocycles. The number of carbonyl (C=O) groups excluding carboxylic acids is 1. The maximum Gasteiger partial charge on any atom is 0.496 e. The topological polar surface area (TPSA) is 117 Å². The Morgan fingerprint density at radius 2 is 1.73 bits per heavy atom. The van der Waals surface area contributed by atoms with Gasteiger partial charge in [-0.15, -0.1) is 0 Å². The van der Waals surface area contributed by atoms with Crippen LogP contribution in [0.5, 0.6) is 0 Å². The Hall–Kier alpha value is -3.46. The summed E-state index contributed by atoms with van der Waals surface area (Å²) in [6, 6.07) is 12.4. The maximum absolute atomic E-state index is 13.8. The fourth-order valence-corrected chi connectivity index (χ4v) is 7.39. The molecule has 0 radical (unpaired) electrons. The van der Waals surface area contributed by atoms with Crippen molar-refractivity contribution in [1.82, 2.24) is 5.32 Å². The largest absolute Gasteiger partial charge is 0.496 e. The SMILES string of the molecule is CNC(=O)c1c(-c2ccc(F)cc2)oc2cc(N(c3cc(Cl)c(B4OC(C)(C)C(C)(C)O4)c(COCOC)c3)S(C)(=O)=O)c(C3CC3)cc12. The zero-order valence-electron chi connectivity index (χ0n) is 28.5. The Kier molecular flexibility index (Phi) is 9.40. The minimum Gasteiger partial charge on any atom is -0.455 e. The van der Waals surface area contributed by atoms with Gasteiger partial charge in [-0.25, -0.2) is 17.1 Å². The number of benzene rings is 3. The molecule has 0 spiro atoms. The first-order chi connectivity index (χ1) is 23.1. The number of ether oxygens (including phenoxy) is 2. The second kappa shape index (κ2) is 13.0. The van der Waals surface area contributed by atoms with Gasteiger partial charge in [-0.3, -0.25) is 4.79 Å². The Bertz CT molecular complexity index is 2010. The van der Waals surface area contributed by atoms with Crippen LogP contribution in [0, 0.1) is 5.82 Å². The summed E-state index contributed by atoms with van der Waals surface area (Å²) in [5, 5.41) is 3.41. The van der Waals surface area contributed by atoms with Crippen LogP contribution >= 0.6 is 11.6 Å². The number of hydrogen-bond donors (Lipinski definition) is 1. The number of fused-ring (bicyclic) bond motifs is 1. The summed E-state index contributed by atoms with van der Waals surface area (Å²) in [6.45, 7) is 7.76. The summed E-state index contributed by atoms with van der Waals surface area (Å²) < 4.78 is 72.4. The molecule has 1 amide bonds. The second-order valence-electron chi connectivity index (χ2n) is 13.4. The molecule has 10 nitrogen and oxygen atoms in total. The van der Waals surface area contributed by atoms with Gasteiger partial charge in [-0.05, 0) is 100 Å². The molecule has 1 N–H and O–H groups in total. The third-order valence-corrected chi connectivity index (χ3v) is 10.7. The first-order valence-corrected chi connectivity index (χ1v) is 18.1. The van der Waals surface area contributed by atoms with E-state index in [2.05, 4.69) is 5.32 Å². The summed E-state index contributed by atoms with van der Waals surface area (Å²) in [5.41, 5.74) is 2.20. The number of nitrogens with one attached hydrogen (secondary N) is 1. The molecule has 1 aromatic heterocycles. The number of sulfonamides is 1. The molecule has 49 heavy (non-hydrogen) atoms. The predicted molar refractivity (Wildman–Crippen MR) is 188 cm³/mol. The van der Waals surface area contributed by atoms with Crippen molar-refractivity contribution in [3.8, 4) is 11.3 Å². The van der Waals surface area contributed by atoms with Crippen LogP contribution in [0.2, 0.25) is 5.02 Å². The molecule has 260 valence electrons. The molecule has 1 aliphatic carbocycles. The molecule has 0 bridgehead atoms. The van der Waals surface area contributed by atoms with Gasteiger partial charge in [0.15, 0.2) is 0 Å². The second-order valence-corrected chi connectivity index (χ2v) is 15.7. The van der Waals surface area contributed by atoms with E-state index in [-0.39, 0.29) is 46.9 Å². The van der Waals surface area contributed by atoms with Crippen molar-refractivity contribution in [1.29, 1.82) is 0 Å². The fourth-order valence-electron chi connectivity index (χ4n) is 6.07. The average Bonchev–Trinajstić information content (AvgIpc) is 3.75. The maximum atomic E-state index is 13.8. The number of amides is 1. The lowest BCUT2D eigenvalue weighted by Crippen LogP contribution is -2.41. The molecule has 1 aliphatic heterocycles. The Balaban J connectivity index is 1.55. The minimum atomic E-state index is -3.99. The van der Waals surface area contributed by atoms with Gasteiger partial charge in [-0.1, -0.05) is 11.6 Å². The van der Waals surface area contributed by atoms with E-state index in [0.717, 1.165) is 24.7 Å². The third-order valence-electron chi connectivity index (χ3n) is 9.35. The van der Waals surface area contributed by atoms with Crippen LogP contribution < -0.4 is 15.1 Å². The van der Waals surface area contributed by atoms with Gasteiger partial charge in [-0.2, -0.15) is 0 Å². The van der Waals surface area contributed by atoms with Gasteiger partial charge < -0.3 is 28.5 Å². The number of furan rings is 1. The smallest absolute Gasteiger partial charge is 0.455 e. The van der Waals surface area contributed by atoms with Crippen molar-refractivity contribution < 1.29 is 40.8 Å². The van der Waals surface area contributed by atoms with Crippen molar-refractivity contribution in [3.05, 3.63) is 76.1 Å². The van der Waals surface area contributed by atoms with Crippen molar-refractivity contribution in [2.45, 2.75) is 64.3 Å². The Labute approximate surface area is 291 Å². The minimum absolute atomic E-state index is 0.00844. The number of methoxy groups -OCH3 is 1. The number of carbonyl (C=O) groups is 1. The highest BCUT2D eigenvalue weighted by atomic mass is 35.5. The normalized spacial score (nSPS) is 17.1. The molecule has 2 heterocycles. The van der Waals surface area contributed by atoms with E-state index in [4.69, 9.17) is 34.8 Å². The zero-order valence-corrected chi connectivity index (χ0v) is 30.1. The summed E-state index contributed by atoms with van der Waals surface area (Å²) in [5.74, 6) is -0.530. The van der Waals surface area contributed by atoms with Gasteiger partial charge in [0, 0.05) is 41.7 Å². The van der Waals surface area contributed by atoms with E-state index in [1.54, 1.807) is 18.2 Å². The quantitative estimate of drug-likeness (QED) is 0.105. The summed E-state index contributed by atoms with van der Waals surface area (Å²) >= 11 is 7.00. The summed E-state index contributed by atoms with van der Waals surface area (Å²) in [4.78, 5) is 13.2. The molecule has 0 atom stereocenters. The van der Waals surface area contributed by atoms with Crippen LogP contribution in [-0.4, -0.2) is 59.9 Å². The standard InChI is InChI=1S/C35H39BClFN2O8S/c1-34(2)35(3,4)48-36(47-34)31-22(18-45-19-44-6)14-24(15-27(31)37)40(49(7,42)43)28-17-29-26(16-25(28)20-8-9-20)30(33(41)39-5)32(46-29)21-10-12-23(38)13-11-21/h10-17,20H,8-9,18-19H2,1-7H3,(H,39,41). The van der Waals surface area contributed by atoms with E-state index in [0.29, 0.717) is 27.7 Å². The lowest BCUT2D eigenvalue weighted by atomic mass is 9.75. The number of halogens is 2. The van der Waals surface area contributed by atoms with Crippen LogP contribution in [0.4, 0.5) is 15.8 Å². The number of nitrogens with zero attached hydrogens (tertiary/aromatic N) is 1. The first-order valence-electron chi connectivity index (χ1n) is 15.9. The zero-order chi connectivity index (χ0) is 35.5. The molecule has 4 aromatic rings. The van der Waals surface area contributed by atoms with E-state index in [1.807, 2.05) is 33.8 Å². The molecular weight excluding hydrogens is 674 g/mol. The lowest BCUT2D eigenvalue weighted by Gasteiger charge is -2.32. The van der Waals surface area contributed by atoms with Gasteiger partial charge in [0.25, 0.3) is 5.91 Å². The van der Waals surface area contributed by atoms with Gasteiger partial charge in [0.2, 0.25) is 10.0 Å². The van der Waals surface area contributed by atoms with Crippen molar-refractivity contribution in [3.63, 3.8) is 0 Å². The molecule has 14 heteroatoms. The molecule has 0 unspecified atom stereocenters. The summed E-state index contributed by atoms with van der Waals surface area (Å²) in [6.07, 6.45) is 2.80. The van der Waals surface area contributed by atoms with E-state index >= 15 is 0 Å². The average molecular weight is 713 g/mol. The highest BCUT2D eigenvalue weighted by molar-refractivity contribution is 7.92. The monoisotopic (exact) mass is 712 g/mol. The first kappa shape index (κ1) is 35.4. The molecule has 2 aliphatic rings. The van der Waals surface area contributed by atoms with E-state index in [1.165, 1.54) is 42.7 Å². The molecule has 2 fully saturated rings. The molecule has 6 rings (SSSR count). The Morgan fingerprint density at radius 1 is 1.08 bits per heavy atom. The number of hydrogen-bond acceptors (Lipinski definition) is 8. The molecule has 3 aromatic carbocycles. The number of anilines is 2. The fraction of sp³-hybridized carbons (Fsp3) is 0.400. The van der Waals surface area contributed by atoms with Gasteiger partial charge in [0.1, 0.15) is 24.0 Å². The van der Waals surface area contributed by atoms with Crippen molar-refractivity contribution in [2.75, 3.05) is 31.5 Å². The van der Waals surface area contributed by atoms with Crippen LogP contribution in [0.25, 0.3) is 22.3 Å². The molecule has 1 saturated carbocycles. The van der Waals surface area contributed by atoms with E-state index < -0.39 is 40.1 Å². The lowest BCUT2D eigenvalue weighted by molar-refractivity contribution is -0.0388. The predicted octanol–water partition coefficient (Wildman–Crippen LogP) is 6.65. The van der Waals surface area contributed by atoms with Gasteiger partial charge in [0.05, 0.1) is 41.0 Å². The Morgan fingerprint density at radius 3 is 2.31 bits per heavy atom. The van der Waals surface area contributed by atoms with Crippen LogP contribution in [-0.2, 0) is 35.4 Å². The van der Waals surface area contributed by atoms with Crippen molar-refractivity contribution >= 4 is 62.5 Å². The van der Waals surface area contributed by atoms with Crippen LogP contribution in [0.15, 0.2) is 52.9 Å².